The highest BCUT2D eigenvalue weighted by molar-refractivity contribution is 9.10. The van der Waals surface area contributed by atoms with E-state index in [4.69, 9.17) is 14.2 Å². The maximum Gasteiger partial charge on any atom is 0.416 e. The van der Waals surface area contributed by atoms with Crippen molar-refractivity contribution in [1.29, 1.82) is 0 Å². The Morgan fingerprint density at radius 3 is 2.37 bits per heavy atom. The summed E-state index contributed by atoms with van der Waals surface area (Å²) in [6.07, 6.45) is -3.32. The Hall–Kier alpha value is -5.17. The standard InChI is InChI=1S/C30H19BrF3N3O6/c31-22-8-10-24(43-29(40)19-7-9-25-26(14-19)42-16-41-25)20(12-22)15-35-37-28(39)18-4-2-6-23(13-18)36-27(38)17-3-1-5-21(11-17)30(32,33)34/h1-15H,16H2,(H,36,38)(H,37,39). The summed E-state index contributed by atoms with van der Waals surface area (Å²) >= 11 is 3.35. The fourth-order valence-corrected chi connectivity index (χ4v) is 4.28. The Bertz CT molecular complexity index is 1760. The lowest BCUT2D eigenvalue weighted by Crippen LogP contribution is -2.19. The van der Waals surface area contributed by atoms with Crippen molar-refractivity contribution in [2.24, 2.45) is 5.10 Å². The summed E-state index contributed by atoms with van der Waals surface area (Å²) in [6.45, 7) is 0.0611. The van der Waals surface area contributed by atoms with E-state index in [0.717, 1.165) is 18.2 Å². The van der Waals surface area contributed by atoms with Crippen molar-refractivity contribution < 1.29 is 41.8 Å². The Kier molecular flexibility index (Phi) is 8.44. The van der Waals surface area contributed by atoms with Crippen LogP contribution in [0.2, 0.25) is 0 Å². The third kappa shape index (κ3) is 7.19. The van der Waals surface area contributed by atoms with E-state index < -0.39 is 29.5 Å². The Morgan fingerprint density at radius 1 is 0.837 bits per heavy atom. The predicted molar refractivity (Wildman–Crippen MR) is 153 cm³/mol. The fraction of sp³-hybridized carbons (Fsp3) is 0.0667. The van der Waals surface area contributed by atoms with Crippen molar-refractivity contribution in [3.8, 4) is 17.2 Å². The lowest BCUT2D eigenvalue weighted by atomic mass is 10.1. The van der Waals surface area contributed by atoms with Gasteiger partial charge in [-0.1, -0.05) is 28.1 Å². The predicted octanol–water partition coefficient (Wildman–Crippen LogP) is 6.43. The highest BCUT2D eigenvalue weighted by Gasteiger charge is 2.31. The van der Waals surface area contributed by atoms with Crippen LogP contribution in [0.4, 0.5) is 18.9 Å². The van der Waals surface area contributed by atoms with Gasteiger partial charge in [0.05, 0.1) is 17.3 Å². The van der Waals surface area contributed by atoms with E-state index in [1.54, 1.807) is 30.3 Å². The molecule has 0 aliphatic carbocycles. The molecule has 0 spiro atoms. The number of esters is 1. The number of rotatable bonds is 7. The first kappa shape index (κ1) is 29.3. The first-order valence-corrected chi connectivity index (χ1v) is 13.2. The number of carbonyl (C=O) groups is 3. The van der Waals surface area contributed by atoms with Crippen LogP contribution in [0.15, 0.2) is 94.5 Å². The molecule has 0 radical (unpaired) electrons. The van der Waals surface area contributed by atoms with E-state index in [0.29, 0.717) is 21.5 Å². The quantitative estimate of drug-likeness (QED) is 0.103. The molecular weight excluding hydrogens is 635 g/mol. The number of benzene rings is 4. The maximum atomic E-state index is 13.0. The van der Waals surface area contributed by atoms with Gasteiger partial charge in [0.2, 0.25) is 6.79 Å². The van der Waals surface area contributed by atoms with Gasteiger partial charge in [-0.15, -0.1) is 0 Å². The molecule has 0 aromatic heterocycles. The number of nitrogens with one attached hydrogen (secondary N) is 2. The molecule has 0 saturated heterocycles. The van der Waals surface area contributed by atoms with Crippen LogP contribution in [-0.4, -0.2) is 30.8 Å². The average molecular weight is 654 g/mol. The summed E-state index contributed by atoms with van der Waals surface area (Å²) in [5.74, 6) is -0.951. The van der Waals surface area contributed by atoms with E-state index >= 15 is 0 Å². The number of halogens is 4. The van der Waals surface area contributed by atoms with E-state index in [1.807, 2.05) is 0 Å². The van der Waals surface area contributed by atoms with Crippen molar-refractivity contribution in [3.05, 3.63) is 117 Å². The normalized spacial score (nSPS) is 12.2. The van der Waals surface area contributed by atoms with E-state index in [1.165, 1.54) is 42.6 Å². The molecule has 1 aliphatic rings. The molecule has 1 heterocycles. The van der Waals surface area contributed by atoms with Crippen LogP contribution in [-0.2, 0) is 6.18 Å². The van der Waals surface area contributed by atoms with Crippen LogP contribution in [0.3, 0.4) is 0 Å². The van der Waals surface area contributed by atoms with Crippen LogP contribution in [0, 0.1) is 0 Å². The molecule has 4 aromatic rings. The minimum Gasteiger partial charge on any atom is -0.454 e. The molecule has 1 aliphatic heterocycles. The highest BCUT2D eigenvalue weighted by Crippen LogP contribution is 2.33. The topological polar surface area (TPSA) is 115 Å². The molecule has 2 N–H and O–H groups in total. The molecule has 4 aromatic carbocycles. The number of alkyl halides is 3. The average Bonchev–Trinajstić information content (AvgIpc) is 3.46. The number of amides is 2. The molecule has 0 bridgehead atoms. The molecule has 43 heavy (non-hydrogen) atoms. The van der Waals surface area contributed by atoms with Crippen molar-refractivity contribution in [1.82, 2.24) is 5.43 Å². The molecular formula is C30H19BrF3N3O6. The van der Waals surface area contributed by atoms with Gasteiger partial charge in [0.15, 0.2) is 11.5 Å². The van der Waals surface area contributed by atoms with Crippen LogP contribution in [0.25, 0.3) is 0 Å². The van der Waals surface area contributed by atoms with Crippen LogP contribution >= 0.6 is 15.9 Å². The van der Waals surface area contributed by atoms with E-state index in [-0.39, 0.29) is 34.9 Å². The summed E-state index contributed by atoms with van der Waals surface area (Å²) in [5, 5.41) is 6.43. The molecule has 0 fully saturated rings. The van der Waals surface area contributed by atoms with Gasteiger partial charge in [0.25, 0.3) is 11.8 Å². The molecule has 5 rings (SSSR count). The number of carbonyl (C=O) groups excluding carboxylic acids is 3. The Labute approximate surface area is 250 Å². The molecule has 0 saturated carbocycles. The van der Waals surface area contributed by atoms with Gasteiger partial charge in [-0.25, -0.2) is 10.2 Å². The number of anilines is 1. The van der Waals surface area contributed by atoms with Gasteiger partial charge in [-0.2, -0.15) is 18.3 Å². The zero-order valence-corrected chi connectivity index (χ0v) is 23.4. The number of ether oxygens (including phenoxy) is 3. The molecule has 13 heteroatoms. The number of fused-ring (bicyclic) bond motifs is 1. The van der Waals surface area contributed by atoms with Gasteiger partial charge in [-0.3, -0.25) is 9.59 Å². The number of hydrogen-bond acceptors (Lipinski definition) is 7. The third-order valence-corrected chi connectivity index (χ3v) is 6.48. The summed E-state index contributed by atoms with van der Waals surface area (Å²) in [4.78, 5) is 38.0. The second-order valence-electron chi connectivity index (χ2n) is 8.95. The Morgan fingerprint density at radius 2 is 1.58 bits per heavy atom. The second-order valence-corrected chi connectivity index (χ2v) is 9.87. The Balaban J connectivity index is 1.24. The summed E-state index contributed by atoms with van der Waals surface area (Å²) in [7, 11) is 0. The van der Waals surface area contributed by atoms with Gasteiger partial charge in [0, 0.05) is 26.9 Å². The number of nitrogens with zero attached hydrogens (tertiary/aromatic N) is 1. The second kappa shape index (κ2) is 12.4. The van der Waals surface area contributed by atoms with Crippen molar-refractivity contribution in [3.63, 3.8) is 0 Å². The lowest BCUT2D eigenvalue weighted by Gasteiger charge is -2.10. The highest BCUT2D eigenvalue weighted by atomic mass is 79.9. The zero-order valence-electron chi connectivity index (χ0n) is 21.8. The van der Waals surface area contributed by atoms with Gasteiger partial charge in [-0.05, 0) is 72.8 Å². The maximum absolute atomic E-state index is 13.0. The van der Waals surface area contributed by atoms with Crippen molar-refractivity contribution in [2.75, 3.05) is 12.1 Å². The van der Waals surface area contributed by atoms with Gasteiger partial charge < -0.3 is 19.5 Å². The lowest BCUT2D eigenvalue weighted by molar-refractivity contribution is -0.137. The SMILES string of the molecule is O=C(NN=Cc1cc(Br)ccc1OC(=O)c1ccc2c(c1)OCO2)c1cccc(NC(=O)c2cccc(C(F)(F)F)c2)c1. The minimum absolute atomic E-state index is 0.0611. The van der Waals surface area contributed by atoms with E-state index in [9.17, 15) is 27.6 Å². The zero-order chi connectivity index (χ0) is 30.6. The third-order valence-electron chi connectivity index (χ3n) is 5.99. The molecule has 0 unspecified atom stereocenters. The van der Waals surface area contributed by atoms with Crippen LogP contribution < -0.4 is 25.0 Å². The molecule has 218 valence electrons. The number of hydrazone groups is 1. The van der Waals surface area contributed by atoms with Crippen molar-refractivity contribution in [2.45, 2.75) is 6.18 Å². The summed E-state index contributed by atoms with van der Waals surface area (Å²) in [6, 6.07) is 19.2. The van der Waals surface area contributed by atoms with Crippen LogP contribution in [0.5, 0.6) is 17.2 Å². The van der Waals surface area contributed by atoms with E-state index in [2.05, 4.69) is 31.8 Å². The molecule has 2 amide bonds. The van der Waals surface area contributed by atoms with Gasteiger partial charge >= 0.3 is 12.1 Å². The monoisotopic (exact) mass is 653 g/mol. The largest absolute Gasteiger partial charge is 0.454 e. The first-order valence-electron chi connectivity index (χ1n) is 12.4. The van der Waals surface area contributed by atoms with Gasteiger partial charge in [0.1, 0.15) is 5.75 Å². The van der Waals surface area contributed by atoms with Crippen molar-refractivity contribution >= 4 is 45.6 Å². The van der Waals surface area contributed by atoms with Crippen LogP contribution in [0.1, 0.15) is 42.2 Å². The fourth-order valence-electron chi connectivity index (χ4n) is 3.90. The molecule has 9 nitrogen and oxygen atoms in total. The molecule has 0 atom stereocenters. The minimum atomic E-state index is -4.60. The number of hydrogen-bond donors (Lipinski definition) is 2. The summed E-state index contributed by atoms with van der Waals surface area (Å²) in [5.41, 5.74) is 2.10. The first-order chi connectivity index (χ1) is 20.6. The summed E-state index contributed by atoms with van der Waals surface area (Å²) < 4.78 is 55.7. The smallest absolute Gasteiger partial charge is 0.416 e.